The smallest absolute Gasteiger partial charge is 0.253 e. The summed E-state index contributed by atoms with van der Waals surface area (Å²) >= 11 is 0. The predicted octanol–water partition coefficient (Wildman–Crippen LogP) is 3.65. The maximum absolute atomic E-state index is 12.6. The third kappa shape index (κ3) is 3.04. The minimum atomic E-state index is -0.0285. The molecular formula is C21H23N3O. The first-order valence-corrected chi connectivity index (χ1v) is 8.98. The van der Waals surface area contributed by atoms with E-state index in [1.807, 2.05) is 18.3 Å². The van der Waals surface area contributed by atoms with Gasteiger partial charge in [-0.3, -0.25) is 4.79 Å². The number of fused-ring (bicyclic) bond motifs is 2. The highest BCUT2D eigenvalue weighted by Crippen LogP contribution is 2.23. The molecule has 1 aliphatic carbocycles. The molecule has 1 aliphatic rings. The van der Waals surface area contributed by atoms with E-state index >= 15 is 0 Å². The van der Waals surface area contributed by atoms with Crippen LogP contribution in [0, 0.1) is 6.92 Å². The Labute approximate surface area is 147 Å². The number of benzene rings is 1. The molecule has 0 radical (unpaired) electrons. The Balaban J connectivity index is 1.49. The summed E-state index contributed by atoms with van der Waals surface area (Å²) in [4.78, 5) is 17.1. The molecule has 2 heterocycles. The van der Waals surface area contributed by atoms with E-state index in [0.29, 0.717) is 5.56 Å². The van der Waals surface area contributed by atoms with E-state index in [4.69, 9.17) is 0 Å². The van der Waals surface area contributed by atoms with E-state index in [2.05, 4.69) is 46.9 Å². The SMILES string of the molecule is CCn1ccc2cc(C(=O)N[C@H]3CCc4cc(C)ccc4C3)cnc21. The molecule has 4 heteroatoms. The highest BCUT2D eigenvalue weighted by molar-refractivity contribution is 5.97. The minimum Gasteiger partial charge on any atom is -0.349 e. The average molecular weight is 333 g/mol. The fraction of sp³-hybridized carbons (Fsp3) is 0.333. The quantitative estimate of drug-likeness (QED) is 0.795. The molecule has 1 aromatic carbocycles. The van der Waals surface area contributed by atoms with Gasteiger partial charge in [-0.05, 0) is 56.4 Å². The van der Waals surface area contributed by atoms with Gasteiger partial charge in [-0.15, -0.1) is 0 Å². The molecule has 0 saturated carbocycles. The highest BCUT2D eigenvalue weighted by Gasteiger charge is 2.21. The predicted molar refractivity (Wildman–Crippen MR) is 99.9 cm³/mol. The first-order valence-electron chi connectivity index (χ1n) is 8.98. The van der Waals surface area contributed by atoms with Gasteiger partial charge < -0.3 is 9.88 Å². The molecule has 0 bridgehead atoms. The molecule has 1 atom stereocenters. The van der Waals surface area contributed by atoms with Gasteiger partial charge in [0.15, 0.2) is 0 Å². The highest BCUT2D eigenvalue weighted by atomic mass is 16.1. The molecule has 4 rings (SSSR count). The second kappa shape index (κ2) is 6.36. The Morgan fingerprint density at radius 2 is 2.16 bits per heavy atom. The van der Waals surface area contributed by atoms with Crippen LogP contribution in [0.3, 0.4) is 0 Å². The largest absolute Gasteiger partial charge is 0.349 e. The van der Waals surface area contributed by atoms with Crippen molar-refractivity contribution in [3.63, 3.8) is 0 Å². The molecule has 2 aromatic heterocycles. The van der Waals surface area contributed by atoms with Gasteiger partial charge in [0.2, 0.25) is 0 Å². The molecule has 0 spiro atoms. The number of rotatable bonds is 3. The number of carbonyl (C=O) groups is 1. The molecule has 0 aliphatic heterocycles. The third-order valence-electron chi connectivity index (χ3n) is 5.13. The molecule has 128 valence electrons. The first-order chi connectivity index (χ1) is 12.1. The van der Waals surface area contributed by atoms with Crippen molar-refractivity contribution in [1.82, 2.24) is 14.9 Å². The zero-order valence-corrected chi connectivity index (χ0v) is 14.7. The number of nitrogens with zero attached hydrogens (tertiary/aromatic N) is 2. The van der Waals surface area contributed by atoms with Crippen molar-refractivity contribution in [2.45, 2.75) is 45.7 Å². The number of hydrogen-bond acceptors (Lipinski definition) is 2. The fourth-order valence-electron chi connectivity index (χ4n) is 3.73. The van der Waals surface area contributed by atoms with Crippen LogP contribution in [0.5, 0.6) is 0 Å². The van der Waals surface area contributed by atoms with Crippen molar-refractivity contribution >= 4 is 16.9 Å². The summed E-state index contributed by atoms with van der Waals surface area (Å²) < 4.78 is 2.08. The number of aromatic nitrogens is 2. The zero-order valence-electron chi connectivity index (χ0n) is 14.7. The average Bonchev–Trinajstić information content (AvgIpc) is 3.04. The maximum Gasteiger partial charge on any atom is 0.253 e. The molecule has 0 saturated heterocycles. The normalized spacial score (nSPS) is 16.6. The van der Waals surface area contributed by atoms with Gasteiger partial charge >= 0.3 is 0 Å². The van der Waals surface area contributed by atoms with Crippen LogP contribution in [0.1, 0.15) is 40.4 Å². The number of pyridine rings is 1. The van der Waals surface area contributed by atoms with Gasteiger partial charge in [0.1, 0.15) is 5.65 Å². The number of amides is 1. The minimum absolute atomic E-state index is 0.0285. The molecule has 3 aromatic rings. The molecule has 0 unspecified atom stereocenters. The van der Waals surface area contributed by atoms with Gasteiger partial charge in [-0.2, -0.15) is 0 Å². The lowest BCUT2D eigenvalue weighted by atomic mass is 9.87. The van der Waals surface area contributed by atoms with Gasteiger partial charge in [-0.1, -0.05) is 23.8 Å². The zero-order chi connectivity index (χ0) is 17.4. The second-order valence-electron chi connectivity index (χ2n) is 6.92. The van der Waals surface area contributed by atoms with Crippen LogP contribution >= 0.6 is 0 Å². The van der Waals surface area contributed by atoms with Crippen LogP contribution in [-0.2, 0) is 19.4 Å². The van der Waals surface area contributed by atoms with Crippen molar-refractivity contribution in [2.24, 2.45) is 0 Å². The van der Waals surface area contributed by atoms with E-state index in [0.717, 1.165) is 36.8 Å². The summed E-state index contributed by atoms with van der Waals surface area (Å²) in [6.45, 7) is 5.09. The molecule has 0 fully saturated rings. The van der Waals surface area contributed by atoms with Crippen molar-refractivity contribution in [2.75, 3.05) is 0 Å². The summed E-state index contributed by atoms with van der Waals surface area (Å²) in [5.41, 5.74) is 5.65. The molecule has 1 amide bonds. The van der Waals surface area contributed by atoms with Crippen LogP contribution in [0.2, 0.25) is 0 Å². The summed E-state index contributed by atoms with van der Waals surface area (Å²) in [6.07, 6.45) is 6.62. The Morgan fingerprint density at radius 1 is 1.28 bits per heavy atom. The number of nitrogens with one attached hydrogen (secondary N) is 1. The fourth-order valence-corrected chi connectivity index (χ4v) is 3.73. The summed E-state index contributed by atoms with van der Waals surface area (Å²) in [6, 6.07) is 10.8. The Hall–Kier alpha value is -2.62. The van der Waals surface area contributed by atoms with Crippen LogP contribution in [0.15, 0.2) is 42.7 Å². The van der Waals surface area contributed by atoms with E-state index in [1.54, 1.807) is 6.20 Å². The van der Waals surface area contributed by atoms with Gasteiger partial charge in [-0.25, -0.2) is 4.98 Å². The standard InChI is InChI=1S/C21H23N3O/c1-3-24-9-8-17-11-18(13-22-20(17)24)21(25)23-19-7-6-15-10-14(2)4-5-16(15)12-19/h4-5,8-11,13,19H,3,6-7,12H2,1-2H3,(H,23,25)/t19-/m0/s1. The van der Waals surface area contributed by atoms with Crippen molar-refractivity contribution in [1.29, 1.82) is 0 Å². The van der Waals surface area contributed by atoms with Crippen LogP contribution in [0.25, 0.3) is 11.0 Å². The molecular weight excluding hydrogens is 310 g/mol. The van der Waals surface area contributed by atoms with E-state index < -0.39 is 0 Å². The Bertz CT molecular complexity index is 941. The summed E-state index contributed by atoms with van der Waals surface area (Å²) in [7, 11) is 0. The van der Waals surface area contributed by atoms with Crippen molar-refractivity contribution in [3.8, 4) is 0 Å². The lowest BCUT2D eigenvalue weighted by molar-refractivity contribution is 0.0933. The van der Waals surface area contributed by atoms with Gasteiger partial charge in [0.25, 0.3) is 5.91 Å². The van der Waals surface area contributed by atoms with E-state index in [9.17, 15) is 4.79 Å². The van der Waals surface area contributed by atoms with Gasteiger partial charge in [0, 0.05) is 30.4 Å². The summed E-state index contributed by atoms with van der Waals surface area (Å²) in [5, 5.41) is 4.20. The van der Waals surface area contributed by atoms with Gasteiger partial charge in [0.05, 0.1) is 5.56 Å². The van der Waals surface area contributed by atoms with Crippen molar-refractivity contribution < 1.29 is 4.79 Å². The van der Waals surface area contributed by atoms with E-state index in [-0.39, 0.29) is 11.9 Å². The molecule has 25 heavy (non-hydrogen) atoms. The topological polar surface area (TPSA) is 46.9 Å². The first kappa shape index (κ1) is 15.9. The lowest BCUT2D eigenvalue weighted by Crippen LogP contribution is -2.38. The summed E-state index contributed by atoms with van der Waals surface area (Å²) in [5.74, 6) is -0.0285. The third-order valence-corrected chi connectivity index (χ3v) is 5.13. The number of aryl methyl sites for hydroxylation is 3. The molecule has 4 nitrogen and oxygen atoms in total. The Morgan fingerprint density at radius 3 is 3.00 bits per heavy atom. The second-order valence-corrected chi connectivity index (χ2v) is 6.92. The van der Waals surface area contributed by atoms with E-state index in [1.165, 1.54) is 16.7 Å². The van der Waals surface area contributed by atoms with Crippen LogP contribution < -0.4 is 5.32 Å². The van der Waals surface area contributed by atoms with Crippen LogP contribution in [0.4, 0.5) is 0 Å². The number of carbonyl (C=O) groups excluding carboxylic acids is 1. The van der Waals surface area contributed by atoms with Crippen LogP contribution in [-0.4, -0.2) is 21.5 Å². The molecule has 1 N–H and O–H groups in total. The lowest BCUT2D eigenvalue weighted by Gasteiger charge is -2.26. The monoisotopic (exact) mass is 333 g/mol. The Kier molecular flexibility index (Phi) is 4.04. The van der Waals surface area contributed by atoms with Crippen molar-refractivity contribution in [3.05, 3.63) is 65.0 Å². The number of hydrogen-bond donors (Lipinski definition) is 1. The maximum atomic E-state index is 12.6.